The van der Waals surface area contributed by atoms with Crippen molar-refractivity contribution in [1.29, 1.82) is 0 Å². The first-order valence-electron chi connectivity index (χ1n) is 5.34. The number of H-pyrrole nitrogens is 1. The molecule has 0 unspecified atom stereocenters. The van der Waals surface area contributed by atoms with E-state index in [0.29, 0.717) is 0 Å². The summed E-state index contributed by atoms with van der Waals surface area (Å²) in [6.07, 6.45) is 1.25. The number of sulfonamides is 1. The van der Waals surface area contributed by atoms with Crippen molar-refractivity contribution in [3.05, 3.63) is 41.8 Å². The Morgan fingerprint density at radius 1 is 1.40 bits per heavy atom. The van der Waals surface area contributed by atoms with Crippen molar-refractivity contribution in [3.8, 4) is 0 Å². The minimum absolute atomic E-state index is 0.100. The molecule has 1 aromatic heterocycles. The van der Waals surface area contributed by atoms with E-state index in [1.54, 1.807) is 0 Å². The van der Waals surface area contributed by atoms with E-state index < -0.39 is 21.8 Å². The second kappa shape index (κ2) is 5.29. The summed E-state index contributed by atoms with van der Waals surface area (Å²) < 4.78 is 43.8. The largest absolute Gasteiger partial charge is 0.465 e. The predicted molar refractivity (Wildman–Crippen MR) is 67.1 cm³/mol. The Morgan fingerprint density at radius 3 is 2.75 bits per heavy atom. The van der Waals surface area contributed by atoms with E-state index in [4.69, 9.17) is 0 Å². The number of benzene rings is 1. The molecular weight excluding hydrogens is 289 g/mol. The molecule has 1 aromatic carbocycles. The third-order valence-electron chi connectivity index (χ3n) is 2.40. The van der Waals surface area contributed by atoms with Crippen LogP contribution < -0.4 is 4.72 Å². The lowest BCUT2D eigenvalue weighted by Crippen LogP contribution is -2.16. The number of esters is 1. The molecule has 0 saturated carbocycles. The highest BCUT2D eigenvalue weighted by molar-refractivity contribution is 7.92. The van der Waals surface area contributed by atoms with Crippen LogP contribution in [0.25, 0.3) is 0 Å². The summed E-state index contributed by atoms with van der Waals surface area (Å²) in [5, 5.41) is 5.57. The number of halogens is 1. The molecule has 0 aliphatic rings. The number of hydrogen-bond acceptors (Lipinski definition) is 5. The van der Waals surface area contributed by atoms with Gasteiger partial charge in [0.05, 0.1) is 24.6 Å². The molecule has 0 spiro atoms. The van der Waals surface area contributed by atoms with Gasteiger partial charge in [-0.25, -0.2) is 9.18 Å². The van der Waals surface area contributed by atoms with E-state index in [1.807, 2.05) is 0 Å². The normalized spacial score (nSPS) is 11.1. The van der Waals surface area contributed by atoms with Crippen LogP contribution in [0.15, 0.2) is 35.5 Å². The van der Waals surface area contributed by atoms with Crippen molar-refractivity contribution >= 4 is 21.7 Å². The fourth-order valence-electron chi connectivity index (χ4n) is 1.48. The zero-order chi connectivity index (χ0) is 14.8. The summed E-state index contributed by atoms with van der Waals surface area (Å²) in [6, 6.07) is 4.27. The Labute approximate surface area is 113 Å². The molecule has 0 fully saturated rings. The summed E-state index contributed by atoms with van der Waals surface area (Å²) in [6.45, 7) is 0. The molecule has 2 N–H and O–H groups in total. The van der Waals surface area contributed by atoms with E-state index in [9.17, 15) is 17.6 Å². The highest BCUT2D eigenvalue weighted by Gasteiger charge is 2.20. The Bertz CT molecular complexity index is 728. The maximum atomic E-state index is 13.2. The van der Waals surface area contributed by atoms with Gasteiger partial charge in [0.1, 0.15) is 5.82 Å². The molecule has 7 nitrogen and oxygen atoms in total. The minimum Gasteiger partial charge on any atom is -0.465 e. The number of carbonyl (C=O) groups excluding carboxylic acids is 1. The fourth-order valence-corrected chi connectivity index (χ4v) is 2.46. The SMILES string of the molecule is COC(=O)c1ccc(F)cc1NS(=O)(=O)c1ccn[nH]1. The number of rotatable bonds is 4. The van der Waals surface area contributed by atoms with Crippen molar-refractivity contribution in [2.45, 2.75) is 5.03 Å². The summed E-state index contributed by atoms with van der Waals surface area (Å²) >= 11 is 0. The molecule has 0 atom stereocenters. The molecule has 106 valence electrons. The molecular formula is C11H10FN3O4S. The number of ether oxygens (including phenoxy) is 1. The Hall–Kier alpha value is -2.42. The number of carbonyl (C=O) groups is 1. The summed E-state index contributed by atoms with van der Waals surface area (Å²) in [7, 11) is -2.86. The summed E-state index contributed by atoms with van der Waals surface area (Å²) in [5.41, 5.74) is -0.316. The lowest BCUT2D eigenvalue weighted by atomic mass is 10.2. The number of hydrogen-bond donors (Lipinski definition) is 2. The first-order valence-corrected chi connectivity index (χ1v) is 6.82. The van der Waals surface area contributed by atoms with Gasteiger partial charge in [0.2, 0.25) is 0 Å². The van der Waals surface area contributed by atoms with Crippen molar-refractivity contribution < 1.29 is 22.3 Å². The molecule has 20 heavy (non-hydrogen) atoms. The fraction of sp³-hybridized carbons (Fsp3) is 0.0909. The third-order valence-corrected chi connectivity index (χ3v) is 3.69. The molecule has 0 amide bonds. The summed E-state index contributed by atoms with van der Waals surface area (Å²) in [5.74, 6) is -1.48. The van der Waals surface area contributed by atoms with Crippen LogP contribution in [0.4, 0.5) is 10.1 Å². The van der Waals surface area contributed by atoms with Crippen LogP contribution in [-0.2, 0) is 14.8 Å². The van der Waals surface area contributed by atoms with Gasteiger partial charge in [-0.2, -0.15) is 13.5 Å². The van der Waals surface area contributed by atoms with Crippen molar-refractivity contribution in [1.82, 2.24) is 10.2 Å². The van der Waals surface area contributed by atoms with E-state index in [0.717, 1.165) is 25.3 Å². The second-order valence-corrected chi connectivity index (χ2v) is 5.36. The average Bonchev–Trinajstić information content (AvgIpc) is 2.92. The van der Waals surface area contributed by atoms with E-state index in [1.165, 1.54) is 12.3 Å². The maximum Gasteiger partial charge on any atom is 0.339 e. The average molecular weight is 299 g/mol. The quantitative estimate of drug-likeness (QED) is 0.824. The molecule has 2 aromatic rings. The van der Waals surface area contributed by atoms with Crippen LogP contribution in [0.5, 0.6) is 0 Å². The first-order chi connectivity index (χ1) is 9.44. The topological polar surface area (TPSA) is 101 Å². The number of nitrogens with zero attached hydrogens (tertiary/aromatic N) is 1. The van der Waals surface area contributed by atoms with Crippen LogP contribution in [0, 0.1) is 5.82 Å². The van der Waals surface area contributed by atoms with Crippen molar-refractivity contribution in [2.24, 2.45) is 0 Å². The Morgan fingerprint density at radius 2 is 2.15 bits per heavy atom. The zero-order valence-corrected chi connectivity index (χ0v) is 11.1. The highest BCUT2D eigenvalue weighted by Crippen LogP contribution is 2.21. The smallest absolute Gasteiger partial charge is 0.339 e. The molecule has 2 rings (SSSR count). The van der Waals surface area contributed by atoms with Gasteiger partial charge in [0.15, 0.2) is 5.03 Å². The molecule has 0 aliphatic carbocycles. The van der Waals surface area contributed by atoms with Gasteiger partial charge in [-0.1, -0.05) is 0 Å². The minimum atomic E-state index is -3.99. The van der Waals surface area contributed by atoms with Crippen LogP contribution >= 0.6 is 0 Å². The maximum absolute atomic E-state index is 13.2. The molecule has 1 heterocycles. The van der Waals surface area contributed by atoms with Gasteiger partial charge >= 0.3 is 5.97 Å². The molecule has 0 aliphatic heterocycles. The lowest BCUT2D eigenvalue weighted by Gasteiger charge is -2.10. The van der Waals surface area contributed by atoms with E-state index >= 15 is 0 Å². The van der Waals surface area contributed by atoms with Crippen molar-refractivity contribution in [3.63, 3.8) is 0 Å². The molecule has 9 heteroatoms. The van der Waals surface area contributed by atoms with Gasteiger partial charge in [0, 0.05) is 0 Å². The number of anilines is 1. The van der Waals surface area contributed by atoms with Crippen molar-refractivity contribution in [2.75, 3.05) is 11.8 Å². The third kappa shape index (κ3) is 2.77. The molecule has 0 saturated heterocycles. The summed E-state index contributed by atoms with van der Waals surface area (Å²) in [4.78, 5) is 11.5. The van der Waals surface area contributed by atoms with Gasteiger partial charge in [0.25, 0.3) is 10.0 Å². The van der Waals surface area contributed by atoms with Gasteiger partial charge < -0.3 is 4.74 Å². The van der Waals surface area contributed by atoms with E-state index in [-0.39, 0.29) is 16.3 Å². The Kier molecular flexibility index (Phi) is 3.70. The number of nitrogens with one attached hydrogen (secondary N) is 2. The van der Waals surface area contributed by atoms with Crippen LogP contribution in [0.2, 0.25) is 0 Å². The molecule has 0 radical (unpaired) electrons. The monoisotopic (exact) mass is 299 g/mol. The van der Waals surface area contributed by atoms with Gasteiger partial charge in [-0.05, 0) is 24.3 Å². The number of aromatic nitrogens is 2. The lowest BCUT2D eigenvalue weighted by molar-refractivity contribution is 0.0602. The highest BCUT2D eigenvalue weighted by atomic mass is 32.2. The van der Waals surface area contributed by atoms with Crippen LogP contribution in [0.3, 0.4) is 0 Å². The number of aromatic amines is 1. The van der Waals surface area contributed by atoms with Crippen LogP contribution in [-0.4, -0.2) is 31.7 Å². The number of methoxy groups -OCH3 is 1. The standard InChI is InChI=1S/C11H10FN3O4S/c1-19-11(16)8-3-2-7(12)6-9(8)15-20(17,18)10-4-5-13-14-10/h2-6,15H,1H3,(H,13,14). The van der Waals surface area contributed by atoms with Gasteiger partial charge in [-0.15, -0.1) is 0 Å². The van der Waals surface area contributed by atoms with E-state index in [2.05, 4.69) is 19.7 Å². The second-order valence-electron chi connectivity index (χ2n) is 3.71. The molecule has 0 bridgehead atoms. The zero-order valence-electron chi connectivity index (χ0n) is 10.3. The Balaban J connectivity index is 2.43. The predicted octanol–water partition coefficient (Wildman–Crippen LogP) is 1.14. The van der Waals surface area contributed by atoms with Crippen LogP contribution in [0.1, 0.15) is 10.4 Å². The van der Waals surface area contributed by atoms with Gasteiger partial charge in [-0.3, -0.25) is 9.82 Å². The first kappa shape index (κ1) is 14.0.